The molecule has 0 aromatic heterocycles. The number of nitrogens with one attached hydrogen (secondary N) is 1. The Morgan fingerprint density at radius 3 is 3.20 bits per heavy atom. The zero-order valence-electron chi connectivity index (χ0n) is 9.24. The van der Waals surface area contributed by atoms with Crippen molar-refractivity contribution in [2.45, 2.75) is 12.5 Å². The lowest BCUT2D eigenvalue weighted by molar-refractivity contribution is 0.0723. The van der Waals surface area contributed by atoms with E-state index < -0.39 is 0 Å². The predicted octanol–water partition coefficient (Wildman–Crippen LogP) is -0.268. The Balaban J connectivity index is 1.92. The van der Waals surface area contributed by atoms with E-state index in [4.69, 9.17) is 4.74 Å². The van der Waals surface area contributed by atoms with Crippen molar-refractivity contribution < 1.29 is 9.53 Å². The van der Waals surface area contributed by atoms with E-state index in [9.17, 15) is 4.79 Å². The third kappa shape index (κ3) is 2.23. The van der Waals surface area contributed by atoms with Gasteiger partial charge in [-0.25, -0.2) is 4.79 Å². The molecule has 2 aliphatic heterocycles. The van der Waals surface area contributed by atoms with Gasteiger partial charge in [0, 0.05) is 45.9 Å². The lowest BCUT2D eigenvalue weighted by atomic mass is 10.1. The van der Waals surface area contributed by atoms with E-state index >= 15 is 0 Å². The highest BCUT2D eigenvalue weighted by Crippen LogP contribution is 2.17. The molecule has 5 heteroatoms. The van der Waals surface area contributed by atoms with Crippen LogP contribution in [0, 0.1) is 0 Å². The van der Waals surface area contributed by atoms with Gasteiger partial charge in [-0.1, -0.05) is 0 Å². The number of methoxy groups -OCH3 is 1. The minimum atomic E-state index is 0.185. The van der Waals surface area contributed by atoms with Crippen LogP contribution in [0.5, 0.6) is 0 Å². The van der Waals surface area contributed by atoms with E-state index in [1.807, 2.05) is 9.80 Å². The Bertz CT molecular complexity index is 235. The van der Waals surface area contributed by atoms with Gasteiger partial charge >= 0.3 is 6.03 Å². The molecular weight excluding hydrogens is 194 g/mol. The number of nitrogens with zero attached hydrogens (tertiary/aromatic N) is 2. The molecule has 2 amide bonds. The number of piperazine rings is 1. The summed E-state index contributed by atoms with van der Waals surface area (Å²) in [5.74, 6) is 0. The Morgan fingerprint density at radius 2 is 2.40 bits per heavy atom. The molecule has 0 aromatic rings. The lowest BCUT2D eigenvalue weighted by Gasteiger charge is -2.44. The highest BCUT2D eigenvalue weighted by atomic mass is 16.5. The number of amides is 2. The molecule has 2 aliphatic rings. The van der Waals surface area contributed by atoms with Gasteiger partial charge in [0.05, 0.1) is 6.61 Å². The van der Waals surface area contributed by atoms with Gasteiger partial charge in [-0.3, -0.25) is 0 Å². The number of hydrogen-bond acceptors (Lipinski definition) is 3. The van der Waals surface area contributed by atoms with Gasteiger partial charge < -0.3 is 19.9 Å². The first-order chi connectivity index (χ1) is 7.33. The molecule has 0 saturated carbocycles. The van der Waals surface area contributed by atoms with Crippen LogP contribution in [-0.2, 0) is 4.74 Å². The van der Waals surface area contributed by atoms with Crippen molar-refractivity contribution in [3.05, 3.63) is 0 Å². The number of fused-ring (bicyclic) bond motifs is 1. The van der Waals surface area contributed by atoms with E-state index in [0.717, 1.165) is 32.6 Å². The lowest BCUT2D eigenvalue weighted by Crippen LogP contribution is -2.61. The van der Waals surface area contributed by atoms with Crippen molar-refractivity contribution in [1.29, 1.82) is 0 Å². The summed E-state index contributed by atoms with van der Waals surface area (Å²) in [6, 6.07) is 0.592. The molecule has 0 aromatic carbocycles. The second-order valence-electron chi connectivity index (χ2n) is 4.10. The van der Waals surface area contributed by atoms with E-state index in [1.165, 1.54) is 0 Å². The molecule has 0 bridgehead atoms. The van der Waals surface area contributed by atoms with Crippen molar-refractivity contribution in [3.63, 3.8) is 0 Å². The average molecular weight is 213 g/mol. The molecule has 0 radical (unpaired) electrons. The Hall–Kier alpha value is -0.810. The van der Waals surface area contributed by atoms with Gasteiger partial charge in [-0.05, 0) is 6.42 Å². The summed E-state index contributed by atoms with van der Waals surface area (Å²) < 4.78 is 5.00. The van der Waals surface area contributed by atoms with Crippen molar-refractivity contribution in [2.75, 3.05) is 46.4 Å². The minimum absolute atomic E-state index is 0.185. The van der Waals surface area contributed by atoms with Crippen LogP contribution < -0.4 is 5.32 Å². The predicted molar refractivity (Wildman–Crippen MR) is 56.8 cm³/mol. The first-order valence-corrected chi connectivity index (χ1v) is 5.58. The fourth-order valence-electron chi connectivity index (χ4n) is 2.26. The van der Waals surface area contributed by atoms with E-state index in [1.54, 1.807) is 7.11 Å². The van der Waals surface area contributed by atoms with Gasteiger partial charge in [0.2, 0.25) is 0 Å². The van der Waals surface area contributed by atoms with Crippen LogP contribution in [0.15, 0.2) is 0 Å². The molecule has 15 heavy (non-hydrogen) atoms. The fraction of sp³-hybridized carbons (Fsp3) is 0.900. The highest BCUT2D eigenvalue weighted by molar-refractivity contribution is 5.75. The SMILES string of the molecule is COCCN1CCC2CNCCN2C1=O. The Kier molecular flexibility index (Phi) is 3.43. The smallest absolute Gasteiger partial charge is 0.320 e. The van der Waals surface area contributed by atoms with Crippen LogP contribution in [0.25, 0.3) is 0 Å². The molecule has 2 rings (SSSR count). The maximum Gasteiger partial charge on any atom is 0.320 e. The van der Waals surface area contributed by atoms with E-state index in [0.29, 0.717) is 19.2 Å². The third-order valence-electron chi connectivity index (χ3n) is 3.16. The summed E-state index contributed by atoms with van der Waals surface area (Å²) in [5, 5.41) is 3.33. The molecule has 0 aliphatic carbocycles. The Labute approximate surface area is 90.4 Å². The summed E-state index contributed by atoms with van der Waals surface area (Å²) in [5.41, 5.74) is 0. The zero-order chi connectivity index (χ0) is 10.7. The van der Waals surface area contributed by atoms with Crippen molar-refractivity contribution in [3.8, 4) is 0 Å². The standard InChI is InChI=1S/C10H19N3O2/c1-15-7-6-12-4-2-9-8-11-3-5-13(9)10(12)14/h9,11H,2-8H2,1H3. The molecule has 86 valence electrons. The third-order valence-corrected chi connectivity index (χ3v) is 3.16. The number of hydrogen-bond donors (Lipinski definition) is 1. The second-order valence-corrected chi connectivity index (χ2v) is 4.10. The summed E-state index contributed by atoms with van der Waals surface area (Å²) in [4.78, 5) is 15.9. The van der Waals surface area contributed by atoms with Crippen LogP contribution in [0.1, 0.15) is 6.42 Å². The van der Waals surface area contributed by atoms with Gasteiger partial charge in [0.15, 0.2) is 0 Å². The van der Waals surface area contributed by atoms with Gasteiger partial charge in [0.1, 0.15) is 0 Å². The van der Waals surface area contributed by atoms with Crippen molar-refractivity contribution in [1.82, 2.24) is 15.1 Å². The monoisotopic (exact) mass is 213 g/mol. The van der Waals surface area contributed by atoms with Crippen LogP contribution >= 0.6 is 0 Å². The van der Waals surface area contributed by atoms with E-state index in [-0.39, 0.29) is 6.03 Å². The zero-order valence-corrected chi connectivity index (χ0v) is 9.24. The molecule has 1 unspecified atom stereocenters. The molecule has 1 atom stereocenters. The van der Waals surface area contributed by atoms with Crippen LogP contribution in [0.4, 0.5) is 4.79 Å². The quantitative estimate of drug-likeness (QED) is 0.702. The maximum atomic E-state index is 12.0. The Morgan fingerprint density at radius 1 is 1.53 bits per heavy atom. The van der Waals surface area contributed by atoms with E-state index in [2.05, 4.69) is 5.32 Å². The van der Waals surface area contributed by atoms with Gasteiger partial charge in [-0.2, -0.15) is 0 Å². The van der Waals surface area contributed by atoms with Gasteiger partial charge in [0.25, 0.3) is 0 Å². The molecule has 0 spiro atoms. The van der Waals surface area contributed by atoms with Crippen molar-refractivity contribution in [2.24, 2.45) is 0 Å². The molecule has 2 saturated heterocycles. The van der Waals surface area contributed by atoms with Crippen LogP contribution in [-0.4, -0.2) is 68.3 Å². The fourth-order valence-corrected chi connectivity index (χ4v) is 2.26. The number of carbonyl (C=O) groups excluding carboxylic acids is 1. The molecular formula is C10H19N3O2. The number of carbonyl (C=O) groups is 1. The van der Waals surface area contributed by atoms with Crippen molar-refractivity contribution >= 4 is 6.03 Å². The molecule has 2 heterocycles. The minimum Gasteiger partial charge on any atom is -0.383 e. The molecule has 2 fully saturated rings. The summed E-state index contributed by atoms with van der Waals surface area (Å²) >= 11 is 0. The topological polar surface area (TPSA) is 44.8 Å². The van der Waals surface area contributed by atoms with Gasteiger partial charge in [-0.15, -0.1) is 0 Å². The summed E-state index contributed by atoms with van der Waals surface area (Å²) in [6.07, 6.45) is 1.07. The maximum absolute atomic E-state index is 12.0. The second kappa shape index (κ2) is 4.81. The summed E-state index contributed by atoms with van der Waals surface area (Å²) in [7, 11) is 1.67. The first kappa shape index (κ1) is 10.7. The number of rotatable bonds is 3. The normalized spacial score (nSPS) is 26.7. The largest absolute Gasteiger partial charge is 0.383 e. The average Bonchev–Trinajstić information content (AvgIpc) is 2.29. The van der Waals surface area contributed by atoms with Crippen LogP contribution in [0.3, 0.4) is 0 Å². The number of ether oxygens (including phenoxy) is 1. The highest BCUT2D eigenvalue weighted by Gasteiger charge is 2.34. The molecule has 5 nitrogen and oxygen atoms in total. The number of urea groups is 1. The molecule has 1 N–H and O–H groups in total. The summed E-state index contributed by atoms with van der Waals surface area (Å²) in [6.45, 7) is 4.91. The first-order valence-electron chi connectivity index (χ1n) is 5.58. The van der Waals surface area contributed by atoms with Crippen LogP contribution in [0.2, 0.25) is 0 Å².